The highest BCUT2D eigenvalue weighted by molar-refractivity contribution is 4.87. The van der Waals surface area contributed by atoms with E-state index >= 15 is 0 Å². The Labute approximate surface area is 47.9 Å². The fourth-order valence-corrected chi connectivity index (χ4v) is 0.728. The largest absolute Gasteiger partial charge is 0.394 e. The van der Waals surface area contributed by atoms with E-state index in [1.165, 1.54) is 0 Å². The summed E-state index contributed by atoms with van der Waals surface area (Å²) in [5.74, 6) is 0. The number of epoxide rings is 1. The number of aliphatic hydroxyl groups is 2. The van der Waals surface area contributed by atoms with Crippen molar-refractivity contribution in [3.8, 4) is 0 Å². The Bertz CT molecular complexity index is 81.7. The molecule has 1 aliphatic heterocycles. The molecule has 0 amide bonds. The third kappa shape index (κ3) is 0.992. The number of hydrogen-bond donors (Lipinski definition) is 2. The van der Waals surface area contributed by atoms with Crippen molar-refractivity contribution >= 4 is 0 Å². The number of rotatable bonds is 2. The van der Waals surface area contributed by atoms with Crippen LogP contribution in [0.2, 0.25) is 0 Å². The van der Waals surface area contributed by atoms with E-state index < -0.39 is 6.10 Å². The average Bonchev–Trinajstić information content (AvgIpc) is 2.42. The van der Waals surface area contributed by atoms with Crippen molar-refractivity contribution in [2.45, 2.75) is 25.2 Å². The molecule has 1 heterocycles. The maximum absolute atomic E-state index is 8.76. The Hall–Kier alpha value is -0.120. The summed E-state index contributed by atoms with van der Waals surface area (Å²) in [4.78, 5) is 0. The highest BCUT2D eigenvalue weighted by Gasteiger charge is 2.41. The van der Waals surface area contributed by atoms with E-state index in [-0.39, 0.29) is 18.8 Å². The molecule has 0 aliphatic carbocycles. The lowest BCUT2D eigenvalue weighted by Gasteiger charge is -1.93. The standard InChI is InChI=1S/C5H10O3/c1-3(7)5-4(2-6)8-5/h3-7H,2H2,1H3/t3-,4+,5+/m0/s1. The quantitative estimate of drug-likeness (QED) is 0.463. The maximum atomic E-state index is 8.76. The minimum atomic E-state index is -0.438. The molecule has 1 fully saturated rings. The van der Waals surface area contributed by atoms with Crippen molar-refractivity contribution in [2.75, 3.05) is 6.61 Å². The first kappa shape index (κ1) is 6.01. The van der Waals surface area contributed by atoms with Crippen LogP contribution in [0.4, 0.5) is 0 Å². The Kier molecular flexibility index (Phi) is 1.51. The summed E-state index contributed by atoms with van der Waals surface area (Å²) in [6.07, 6.45) is -0.651. The highest BCUT2D eigenvalue weighted by atomic mass is 16.6. The zero-order valence-corrected chi connectivity index (χ0v) is 4.74. The number of aliphatic hydroxyl groups excluding tert-OH is 2. The molecule has 2 N–H and O–H groups in total. The number of ether oxygens (including phenoxy) is 1. The SMILES string of the molecule is C[C@H](O)[C@H]1O[C@@H]1CO. The molecule has 48 valence electrons. The summed E-state index contributed by atoms with van der Waals surface area (Å²) in [6, 6.07) is 0. The smallest absolute Gasteiger partial charge is 0.112 e. The van der Waals surface area contributed by atoms with E-state index in [1.54, 1.807) is 6.92 Å². The minimum absolute atomic E-state index is 0.0234. The van der Waals surface area contributed by atoms with Gasteiger partial charge >= 0.3 is 0 Å². The van der Waals surface area contributed by atoms with E-state index in [4.69, 9.17) is 14.9 Å². The van der Waals surface area contributed by atoms with Crippen LogP contribution in [0, 0.1) is 0 Å². The third-order valence-electron chi connectivity index (χ3n) is 1.28. The molecule has 0 bridgehead atoms. The number of hydrogen-bond acceptors (Lipinski definition) is 3. The third-order valence-corrected chi connectivity index (χ3v) is 1.28. The van der Waals surface area contributed by atoms with Gasteiger partial charge in [0.15, 0.2) is 0 Å². The van der Waals surface area contributed by atoms with Crippen molar-refractivity contribution in [3.63, 3.8) is 0 Å². The van der Waals surface area contributed by atoms with Gasteiger partial charge in [0.1, 0.15) is 12.2 Å². The molecule has 0 aromatic carbocycles. The lowest BCUT2D eigenvalue weighted by Crippen LogP contribution is -2.13. The van der Waals surface area contributed by atoms with Gasteiger partial charge in [-0.1, -0.05) is 0 Å². The highest BCUT2D eigenvalue weighted by Crippen LogP contribution is 2.23. The van der Waals surface area contributed by atoms with E-state index in [9.17, 15) is 0 Å². The van der Waals surface area contributed by atoms with Crippen LogP contribution in [0.25, 0.3) is 0 Å². The molecule has 1 rings (SSSR count). The summed E-state index contributed by atoms with van der Waals surface area (Å²) in [5, 5.41) is 17.1. The van der Waals surface area contributed by atoms with E-state index in [0.717, 1.165) is 0 Å². The second-order valence-corrected chi connectivity index (χ2v) is 2.06. The van der Waals surface area contributed by atoms with E-state index in [0.29, 0.717) is 0 Å². The van der Waals surface area contributed by atoms with Gasteiger partial charge in [0.25, 0.3) is 0 Å². The predicted molar refractivity (Wildman–Crippen MR) is 27.4 cm³/mol. The van der Waals surface area contributed by atoms with Gasteiger partial charge in [0.2, 0.25) is 0 Å². The molecule has 0 spiro atoms. The topological polar surface area (TPSA) is 53.0 Å². The van der Waals surface area contributed by atoms with Crippen molar-refractivity contribution in [3.05, 3.63) is 0 Å². The molecular formula is C5H10O3. The Balaban J connectivity index is 2.16. The van der Waals surface area contributed by atoms with Gasteiger partial charge in [-0.25, -0.2) is 0 Å². The molecule has 0 radical (unpaired) electrons. The predicted octanol–water partition coefficient (Wildman–Crippen LogP) is -0.873. The molecule has 3 atom stereocenters. The first-order valence-corrected chi connectivity index (χ1v) is 2.70. The van der Waals surface area contributed by atoms with E-state index in [1.807, 2.05) is 0 Å². The van der Waals surface area contributed by atoms with Crippen molar-refractivity contribution in [1.29, 1.82) is 0 Å². The Morgan fingerprint density at radius 2 is 2.38 bits per heavy atom. The van der Waals surface area contributed by atoms with Gasteiger partial charge < -0.3 is 14.9 Å². The molecule has 8 heavy (non-hydrogen) atoms. The summed E-state index contributed by atoms with van der Waals surface area (Å²) >= 11 is 0. The fourth-order valence-electron chi connectivity index (χ4n) is 0.728. The fraction of sp³-hybridized carbons (Fsp3) is 1.00. The molecular weight excluding hydrogens is 108 g/mol. The van der Waals surface area contributed by atoms with Gasteiger partial charge in [0.05, 0.1) is 12.7 Å². The first-order valence-electron chi connectivity index (χ1n) is 2.70. The van der Waals surface area contributed by atoms with Crippen LogP contribution in [0.5, 0.6) is 0 Å². The van der Waals surface area contributed by atoms with E-state index in [2.05, 4.69) is 0 Å². The Morgan fingerprint density at radius 1 is 1.75 bits per heavy atom. The molecule has 0 unspecified atom stereocenters. The zero-order valence-electron chi connectivity index (χ0n) is 4.74. The molecule has 0 aromatic heterocycles. The van der Waals surface area contributed by atoms with Gasteiger partial charge in [0, 0.05) is 0 Å². The second-order valence-electron chi connectivity index (χ2n) is 2.06. The molecule has 1 saturated heterocycles. The summed E-state index contributed by atoms with van der Waals surface area (Å²) in [6.45, 7) is 1.68. The molecule has 1 aliphatic rings. The molecule has 0 aromatic rings. The van der Waals surface area contributed by atoms with Gasteiger partial charge in [-0.05, 0) is 6.92 Å². The Morgan fingerprint density at radius 3 is 2.50 bits per heavy atom. The normalized spacial score (nSPS) is 39.4. The van der Waals surface area contributed by atoms with Crippen LogP contribution in [-0.4, -0.2) is 35.1 Å². The summed E-state index contributed by atoms with van der Waals surface area (Å²) < 4.78 is 4.83. The van der Waals surface area contributed by atoms with Crippen molar-refractivity contribution in [1.82, 2.24) is 0 Å². The molecule has 3 heteroatoms. The summed E-state index contributed by atoms with van der Waals surface area (Å²) in [7, 11) is 0. The minimum Gasteiger partial charge on any atom is -0.394 e. The molecule has 3 nitrogen and oxygen atoms in total. The monoisotopic (exact) mass is 118 g/mol. The maximum Gasteiger partial charge on any atom is 0.112 e. The molecule has 0 saturated carbocycles. The van der Waals surface area contributed by atoms with Crippen molar-refractivity contribution < 1.29 is 14.9 Å². The van der Waals surface area contributed by atoms with Crippen LogP contribution in [0.1, 0.15) is 6.92 Å². The van der Waals surface area contributed by atoms with Crippen LogP contribution in [0.3, 0.4) is 0 Å². The van der Waals surface area contributed by atoms with Crippen LogP contribution >= 0.6 is 0 Å². The lowest BCUT2D eigenvalue weighted by atomic mass is 10.2. The van der Waals surface area contributed by atoms with Gasteiger partial charge in [-0.15, -0.1) is 0 Å². The van der Waals surface area contributed by atoms with Gasteiger partial charge in [-0.3, -0.25) is 0 Å². The second kappa shape index (κ2) is 2.01. The first-order chi connectivity index (χ1) is 3.75. The average molecular weight is 118 g/mol. The van der Waals surface area contributed by atoms with Crippen LogP contribution in [-0.2, 0) is 4.74 Å². The van der Waals surface area contributed by atoms with Crippen LogP contribution in [0.15, 0.2) is 0 Å². The lowest BCUT2D eigenvalue weighted by molar-refractivity contribution is 0.152. The zero-order chi connectivity index (χ0) is 6.15. The van der Waals surface area contributed by atoms with Crippen molar-refractivity contribution in [2.24, 2.45) is 0 Å². The summed E-state index contributed by atoms with van der Waals surface area (Å²) in [5.41, 5.74) is 0. The van der Waals surface area contributed by atoms with Gasteiger partial charge in [-0.2, -0.15) is 0 Å². The van der Waals surface area contributed by atoms with Crippen LogP contribution < -0.4 is 0 Å².